The number of carbonyl (C=O) groups is 1. The Bertz CT molecular complexity index is 666. The van der Waals surface area contributed by atoms with E-state index in [2.05, 4.69) is 15.5 Å². The van der Waals surface area contributed by atoms with Crippen LogP contribution in [0.3, 0.4) is 0 Å². The Kier molecular flexibility index (Phi) is 3.47. The third kappa shape index (κ3) is 2.81. The summed E-state index contributed by atoms with van der Waals surface area (Å²) in [6, 6.07) is 5.23. The van der Waals surface area contributed by atoms with Crippen molar-refractivity contribution in [2.24, 2.45) is 0 Å². The van der Waals surface area contributed by atoms with Crippen LogP contribution in [0.4, 0.5) is 5.82 Å². The first-order valence-corrected chi connectivity index (χ1v) is 6.76. The summed E-state index contributed by atoms with van der Waals surface area (Å²) >= 11 is 0. The van der Waals surface area contributed by atoms with Gasteiger partial charge in [-0.2, -0.15) is 9.90 Å². The molecule has 0 aliphatic carbocycles. The second-order valence-corrected chi connectivity index (χ2v) is 4.96. The molecule has 0 fully saturated rings. The van der Waals surface area contributed by atoms with Crippen LogP contribution in [0.15, 0.2) is 24.4 Å². The highest BCUT2D eigenvalue weighted by Gasteiger charge is 2.16. The van der Waals surface area contributed by atoms with Gasteiger partial charge in [0.05, 0.1) is 12.2 Å². The first-order valence-electron chi connectivity index (χ1n) is 6.76. The number of benzene rings is 1. The molecule has 21 heavy (non-hydrogen) atoms. The number of nitrogens with one attached hydrogen (secondary N) is 1. The fourth-order valence-electron chi connectivity index (χ4n) is 1.96. The molecule has 1 aromatic carbocycles. The standard InChI is InChI=1S/C14H16N4O3/c1-9(2)18-15-8-13(17-18)16-14(19)10-3-4-11-12(7-10)21-6-5-20-11/h3-4,7-9H,5-6H2,1-2H3,(H,16,17,19). The molecule has 0 radical (unpaired) electrons. The fraction of sp³-hybridized carbons (Fsp3) is 0.357. The van der Waals surface area contributed by atoms with E-state index < -0.39 is 0 Å². The van der Waals surface area contributed by atoms with E-state index in [0.717, 1.165) is 0 Å². The molecule has 1 aromatic heterocycles. The van der Waals surface area contributed by atoms with E-state index in [1.165, 1.54) is 6.20 Å². The van der Waals surface area contributed by atoms with Crippen LogP contribution in [0.1, 0.15) is 30.2 Å². The Balaban J connectivity index is 1.75. The molecule has 0 spiro atoms. The van der Waals surface area contributed by atoms with Crippen LogP contribution in [0.25, 0.3) is 0 Å². The molecule has 2 heterocycles. The minimum Gasteiger partial charge on any atom is -0.486 e. The number of rotatable bonds is 3. The molecular formula is C14H16N4O3. The summed E-state index contributed by atoms with van der Waals surface area (Å²) in [6.07, 6.45) is 1.52. The Morgan fingerprint density at radius 2 is 2.05 bits per heavy atom. The van der Waals surface area contributed by atoms with Gasteiger partial charge in [-0.25, -0.2) is 0 Å². The second kappa shape index (κ2) is 5.43. The Hall–Kier alpha value is -2.57. The third-order valence-corrected chi connectivity index (χ3v) is 3.02. The van der Waals surface area contributed by atoms with Crippen molar-refractivity contribution in [3.63, 3.8) is 0 Å². The lowest BCUT2D eigenvalue weighted by molar-refractivity contribution is 0.102. The second-order valence-electron chi connectivity index (χ2n) is 4.96. The average Bonchev–Trinajstić information content (AvgIpc) is 2.95. The first-order chi connectivity index (χ1) is 10.1. The minimum atomic E-state index is -0.261. The van der Waals surface area contributed by atoms with Crippen LogP contribution < -0.4 is 14.8 Å². The van der Waals surface area contributed by atoms with Crippen molar-refractivity contribution in [2.45, 2.75) is 19.9 Å². The summed E-state index contributed by atoms with van der Waals surface area (Å²) in [5.41, 5.74) is 0.485. The number of carbonyl (C=O) groups excluding carboxylic acids is 1. The molecule has 0 saturated heterocycles. The summed E-state index contributed by atoms with van der Waals surface area (Å²) in [7, 11) is 0. The maximum absolute atomic E-state index is 12.2. The van der Waals surface area contributed by atoms with Crippen molar-refractivity contribution < 1.29 is 14.3 Å². The third-order valence-electron chi connectivity index (χ3n) is 3.02. The van der Waals surface area contributed by atoms with Crippen LogP contribution in [0, 0.1) is 0 Å². The molecule has 7 nitrogen and oxygen atoms in total. The topological polar surface area (TPSA) is 78.3 Å². The summed E-state index contributed by atoms with van der Waals surface area (Å²) in [6.45, 7) is 4.94. The number of ether oxygens (including phenoxy) is 2. The molecule has 7 heteroatoms. The summed E-state index contributed by atoms with van der Waals surface area (Å²) in [5.74, 6) is 1.40. The maximum Gasteiger partial charge on any atom is 0.257 e. The number of nitrogens with zero attached hydrogens (tertiary/aromatic N) is 3. The van der Waals surface area contributed by atoms with Gasteiger partial charge in [-0.05, 0) is 32.0 Å². The van der Waals surface area contributed by atoms with Crippen LogP contribution in [0.2, 0.25) is 0 Å². The van der Waals surface area contributed by atoms with Gasteiger partial charge < -0.3 is 14.8 Å². The zero-order chi connectivity index (χ0) is 14.8. The Morgan fingerprint density at radius 3 is 2.76 bits per heavy atom. The molecule has 3 rings (SSSR count). The fourth-order valence-corrected chi connectivity index (χ4v) is 1.96. The van der Waals surface area contributed by atoms with Gasteiger partial charge in [-0.3, -0.25) is 4.79 Å². The number of fused-ring (bicyclic) bond motifs is 1. The van der Waals surface area contributed by atoms with E-state index >= 15 is 0 Å². The van der Waals surface area contributed by atoms with Gasteiger partial charge in [0.2, 0.25) is 0 Å². The molecule has 0 bridgehead atoms. The van der Waals surface area contributed by atoms with Gasteiger partial charge in [0, 0.05) is 5.56 Å². The molecule has 1 N–H and O–H groups in total. The van der Waals surface area contributed by atoms with E-state index in [-0.39, 0.29) is 11.9 Å². The summed E-state index contributed by atoms with van der Waals surface area (Å²) in [5, 5.41) is 11.0. The van der Waals surface area contributed by atoms with E-state index in [1.54, 1.807) is 23.0 Å². The van der Waals surface area contributed by atoms with E-state index in [1.807, 2.05) is 13.8 Å². The van der Waals surface area contributed by atoms with Crippen molar-refractivity contribution in [1.29, 1.82) is 0 Å². The van der Waals surface area contributed by atoms with Crippen molar-refractivity contribution in [2.75, 3.05) is 18.5 Å². The Morgan fingerprint density at radius 1 is 1.29 bits per heavy atom. The monoisotopic (exact) mass is 288 g/mol. The summed E-state index contributed by atoms with van der Waals surface area (Å²) in [4.78, 5) is 13.7. The predicted molar refractivity (Wildman–Crippen MR) is 75.8 cm³/mol. The lowest BCUT2D eigenvalue weighted by atomic mass is 10.2. The normalized spacial score (nSPS) is 13.3. The van der Waals surface area contributed by atoms with Crippen molar-refractivity contribution in [3.8, 4) is 11.5 Å². The molecule has 1 aliphatic rings. The number of hydrogen-bond acceptors (Lipinski definition) is 5. The molecule has 1 amide bonds. The highest BCUT2D eigenvalue weighted by atomic mass is 16.6. The molecule has 2 aromatic rings. The molecule has 0 unspecified atom stereocenters. The predicted octanol–water partition coefficient (Wildman–Crippen LogP) is 1.88. The lowest BCUT2D eigenvalue weighted by Crippen LogP contribution is -2.17. The van der Waals surface area contributed by atoms with Crippen LogP contribution >= 0.6 is 0 Å². The Labute approximate surface area is 121 Å². The number of aromatic nitrogens is 3. The van der Waals surface area contributed by atoms with Crippen molar-refractivity contribution >= 4 is 11.7 Å². The zero-order valence-corrected chi connectivity index (χ0v) is 11.9. The average molecular weight is 288 g/mol. The molecule has 0 saturated carbocycles. The molecule has 1 aliphatic heterocycles. The minimum absolute atomic E-state index is 0.143. The van der Waals surface area contributed by atoms with Crippen LogP contribution in [-0.2, 0) is 0 Å². The number of hydrogen-bond donors (Lipinski definition) is 1. The van der Waals surface area contributed by atoms with E-state index in [4.69, 9.17) is 9.47 Å². The van der Waals surface area contributed by atoms with Gasteiger partial charge in [0.15, 0.2) is 17.3 Å². The highest BCUT2D eigenvalue weighted by molar-refractivity contribution is 6.04. The lowest BCUT2D eigenvalue weighted by Gasteiger charge is -2.18. The van der Waals surface area contributed by atoms with Gasteiger partial charge in [-0.1, -0.05) is 0 Å². The summed E-state index contributed by atoms with van der Waals surface area (Å²) < 4.78 is 10.9. The van der Waals surface area contributed by atoms with E-state index in [9.17, 15) is 4.79 Å². The maximum atomic E-state index is 12.2. The molecular weight excluding hydrogens is 272 g/mol. The quantitative estimate of drug-likeness (QED) is 0.933. The van der Waals surface area contributed by atoms with Gasteiger partial charge in [0.25, 0.3) is 5.91 Å². The smallest absolute Gasteiger partial charge is 0.257 e. The SMILES string of the molecule is CC(C)n1ncc(NC(=O)c2ccc3c(c2)OCCO3)n1. The highest BCUT2D eigenvalue weighted by Crippen LogP contribution is 2.30. The zero-order valence-electron chi connectivity index (χ0n) is 11.9. The van der Waals surface area contributed by atoms with Crippen LogP contribution in [0.5, 0.6) is 11.5 Å². The van der Waals surface area contributed by atoms with Crippen LogP contribution in [-0.4, -0.2) is 34.1 Å². The van der Waals surface area contributed by atoms with Gasteiger partial charge in [-0.15, -0.1) is 5.10 Å². The van der Waals surface area contributed by atoms with Gasteiger partial charge >= 0.3 is 0 Å². The number of anilines is 1. The van der Waals surface area contributed by atoms with E-state index in [0.29, 0.717) is 36.1 Å². The van der Waals surface area contributed by atoms with Crippen molar-refractivity contribution in [1.82, 2.24) is 15.0 Å². The first kappa shape index (κ1) is 13.4. The molecule has 110 valence electrons. The van der Waals surface area contributed by atoms with Gasteiger partial charge in [0.1, 0.15) is 13.2 Å². The van der Waals surface area contributed by atoms with Crippen molar-refractivity contribution in [3.05, 3.63) is 30.0 Å². The number of amides is 1. The molecule has 0 atom stereocenters. The largest absolute Gasteiger partial charge is 0.486 e.